The average molecular weight is 329 g/mol. The minimum Gasteiger partial charge on any atom is -0.329 e. The lowest BCUT2D eigenvalue weighted by Crippen LogP contribution is -2.45. The van der Waals surface area contributed by atoms with Gasteiger partial charge in [0.15, 0.2) is 0 Å². The Morgan fingerprint density at radius 2 is 2.21 bits per heavy atom. The maximum absolute atomic E-state index is 14.1. The van der Waals surface area contributed by atoms with E-state index in [1.165, 1.54) is 12.5 Å². The van der Waals surface area contributed by atoms with Gasteiger partial charge in [0.05, 0.1) is 6.04 Å². The Bertz CT molecular complexity index is 438. The summed E-state index contributed by atoms with van der Waals surface area (Å²) in [7, 11) is 0. The molecule has 1 aliphatic rings. The van der Waals surface area contributed by atoms with Crippen LogP contribution in [0.25, 0.3) is 0 Å². The van der Waals surface area contributed by atoms with E-state index in [1.54, 1.807) is 0 Å². The number of halogens is 2. The molecule has 19 heavy (non-hydrogen) atoms. The summed E-state index contributed by atoms with van der Waals surface area (Å²) in [6, 6.07) is 5.70. The van der Waals surface area contributed by atoms with E-state index in [4.69, 9.17) is 5.73 Å². The van der Waals surface area contributed by atoms with Gasteiger partial charge in [0, 0.05) is 22.6 Å². The van der Waals surface area contributed by atoms with Crippen molar-refractivity contribution in [3.63, 3.8) is 0 Å². The van der Waals surface area contributed by atoms with Gasteiger partial charge in [-0.2, -0.15) is 0 Å². The van der Waals surface area contributed by atoms with Crippen molar-refractivity contribution in [3.8, 4) is 0 Å². The lowest BCUT2D eigenvalue weighted by atomic mass is 9.90. The smallest absolute Gasteiger partial charge is 0.129 e. The predicted molar refractivity (Wildman–Crippen MR) is 80.5 cm³/mol. The molecule has 0 radical (unpaired) electrons. The maximum atomic E-state index is 14.1. The van der Waals surface area contributed by atoms with Gasteiger partial charge in [-0.1, -0.05) is 28.9 Å². The highest BCUT2D eigenvalue weighted by atomic mass is 79.9. The average Bonchev–Trinajstić information content (AvgIpc) is 2.34. The van der Waals surface area contributed by atoms with E-state index < -0.39 is 0 Å². The van der Waals surface area contributed by atoms with Crippen molar-refractivity contribution < 1.29 is 4.39 Å². The molecule has 2 N–H and O–H groups in total. The first-order valence-electron chi connectivity index (χ1n) is 6.93. The van der Waals surface area contributed by atoms with Crippen LogP contribution < -0.4 is 5.73 Å². The number of benzene rings is 1. The molecule has 2 nitrogen and oxygen atoms in total. The molecule has 0 bridgehead atoms. The SMILES string of the molecule is CC1CCN(C(CN)c2ccc(Br)cc2F)C(C)C1. The van der Waals surface area contributed by atoms with Gasteiger partial charge in [0.2, 0.25) is 0 Å². The largest absolute Gasteiger partial charge is 0.329 e. The fourth-order valence-corrected chi connectivity index (χ4v) is 3.43. The molecule has 1 aromatic rings. The van der Waals surface area contributed by atoms with E-state index in [0.717, 1.165) is 23.4 Å². The first-order valence-corrected chi connectivity index (χ1v) is 7.73. The van der Waals surface area contributed by atoms with Crippen LogP contribution in [0, 0.1) is 11.7 Å². The fraction of sp³-hybridized carbons (Fsp3) is 0.600. The Morgan fingerprint density at radius 1 is 1.47 bits per heavy atom. The summed E-state index contributed by atoms with van der Waals surface area (Å²) in [6.07, 6.45) is 2.33. The van der Waals surface area contributed by atoms with E-state index in [9.17, 15) is 4.39 Å². The Morgan fingerprint density at radius 3 is 2.79 bits per heavy atom. The quantitative estimate of drug-likeness (QED) is 0.916. The third kappa shape index (κ3) is 3.36. The summed E-state index contributed by atoms with van der Waals surface area (Å²) < 4.78 is 14.9. The van der Waals surface area contributed by atoms with E-state index in [1.807, 2.05) is 12.1 Å². The van der Waals surface area contributed by atoms with Crippen molar-refractivity contribution in [2.75, 3.05) is 13.1 Å². The molecule has 0 aromatic heterocycles. The zero-order valence-corrected chi connectivity index (χ0v) is 13.2. The van der Waals surface area contributed by atoms with Crippen LogP contribution in [0.2, 0.25) is 0 Å². The maximum Gasteiger partial charge on any atom is 0.129 e. The lowest BCUT2D eigenvalue weighted by molar-refractivity contribution is 0.0830. The summed E-state index contributed by atoms with van der Waals surface area (Å²) in [5, 5.41) is 0. The molecule has 1 fully saturated rings. The number of hydrogen-bond acceptors (Lipinski definition) is 2. The number of nitrogens with zero attached hydrogens (tertiary/aromatic N) is 1. The highest BCUT2D eigenvalue weighted by Crippen LogP contribution is 2.32. The molecule has 0 saturated carbocycles. The van der Waals surface area contributed by atoms with Crippen molar-refractivity contribution in [1.82, 2.24) is 4.90 Å². The van der Waals surface area contributed by atoms with Gasteiger partial charge in [-0.25, -0.2) is 4.39 Å². The summed E-state index contributed by atoms with van der Waals surface area (Å²) in [6.45, 7) is 5.96. The van der Waals surface area contributed by atoms with E-state index in [2.05, 4.69) is 34.7 Å². The Hall–Kier alpha value is -0.450. The minimum atomic E-state index is -0.171. The number of nitrogens with two attached hydrogens (primary N) is 1. The summed E-state index contributed by atoms with van der Waals surface area (Å²) in [5.74, 6) is 0.579. The molecule has 3 atom stereocenters. The van der Waals surface area contributed by atoms with Crippen LogP contribution in [0.5, 0.6) is 0 Å². The summed E-state index contributed by atoms with van der Waals surface area (Å²) in [5.41, 5.74) is 6.63. The number of hydrogen-bond donors (Lipinski definition) is 1. The molecule has 106 valence electrons. The topological polar surface area (TPSA) is 29.3 Å². The molecule has 0 spiro atoms. The number of likely N-dealkylation sites (tertiary alicyclic amines) is 1. The fourth-order valence-electron chi connectivity index (χ4n) is 3.10. The van der Waals surface area contributed by atoms with Crippen LogP contribution in [0.15, 0.2) is 22.7 Å². The van der Waals surface area contributed by atoms with E-state index in [-0.39, 0.29) is 11.9 Å². The van der Waals surface area contributed by atoms with Gasteiger partial charge in [-0.3, -0.25) is 4.90 Å². The highest BCUT2D eigenvalue weighted by molar-refractivity contribution is 9.10. The minimum absolute atomic E-state index is 0.0180. The standard InChI is InChI=1S/C15H22BrFN2/c1-10-5-6-19(11(2)7-10)15(9-18)13-4-3-12(16)8-14(13)17/h3-4,8,10-11,15H,5-7,9,18H2,1-2H3. The van der Waals surface area contributed by atoms with Gasteiger partial charge >= 0.3 is 0 Å². The van der Waals surface area contributed by atoms with Crippen LogP contribution in [-0.2, 0) is 0 Å². The Kier molecular flexibility index (Phi) is 4.98. The second-order valence-electron chi connectivity index (χ2n) is 5.63. The Balaban J connectivity index is 2.24. The van der Waals surface area contributed by atoms with Crippen LogP contribution in [0.4, 0.5) is 4.39 Å². The van der Waals surface area contributed by atoms with Crippen molar-refractivity contribution in [3.05, 3.63) is 34.1 Å². The van der Waals surface area contributed by atoms with Crippen LogP contribution in [0.1, 0.15) is 38.3 Å². The molecule has 0 aliphatic carbocycles. The van der Waals surface area contributed by atoms with Crippen molar-refractivity contribution in [2.24, 2.45) is 11.7 Å². The molecular formula is C15H22BrFN2. The second kappa shape index (κ2) is 6.33. The normalized spacial score (nSPS) is 26.4. The monoisotopic (exact) mass is 328 g/mol. The highest BCUT2D eigenvalue weighted by Gasteiger charge is 2.30. The summed E-state index contributed by atoms with van der Waals surface area (Å²) in [4.78, 5) is 2.35. The van der Waals surface area contributed by atoms with Gasteiger partial charge < -0.3 is 5.73 Å². The molecule has 3 unspecified atom stereocenters. The molecule has 1 aliphatic heterocycles. The van der Waals surface area contributed by atoms with Gasteiger partial charge in [-0.15, -0.1) is 0 Å². The second-order valence-corrected chi connectivity index (χ2v) is 6.55. The van der Waals surface area contributed by atoms with Gasteiger partial charge in [0.1, 0.15) is 5.82 Å². The zero-order valence-electron chi connectivity index (χ0n) is 11.6. The third-order valence-corrected chi connectivity index (χ3v) is 4.63. The molecule has 1 saturated heterocycles. The number of piperidine rings is 1. The molecule has 0 amide bonds. The first-order chi connectivity index (χ1) is 9.02. The van der Waals surface area contributed by atoms with Gasteiger partial charge in [0.25, 0.3) is 0 Å². The lowest BCUT2D eigenvalue weighted by Gasteiger charge is -2.41. The molecule has 1 heterocycles. The molecule has 2 rings (SSSR count). The number of rotatable bonds is 3. The Labute approximate surface area is 123 Å². The zero-order chi connectivity index (χ0) is 14.0. The predicted octanol–water partition coefficient (Wildman–Crippen LogP) is 3.71. The molecular weight excluding hydrogens is 307 g/mol. The van der Waals surface area contributed by atoms with Crippen LogP contribution in [0.3, 0.4) is 0 Å². The first kappa shape index (κ1) is 14.9. The third-order valence-electron chi connectivity index (χ3n) is 4.13. The summed E-state index contributed by atoms with van der Waals surface area (Å²) >= 11 is 3.30. The molecule has 1 aromatic carbocycles. The van der Waals surface area contributed by atoms with E-state index in [0.29, 0.717) is 18.2 Å². The van der Waals surface area contributed by atoms with Crippen LogP contribution >= 0.6 is 15.9 Å². The van der Waals surface area contributed by atoms with Crippen molar-refractivity contribution >= 4 is 15.9 Å². The van der Waals surface area contributed by atoms with Crippen LogP contribution in [-0.4, -0.2) is 24.0 Å². The van der Waals surface area contributed by atoms with Gasteiger partial charge in [-0.05, 0) is 44.4 Å². The van der Waals surface area contributed by atoms with Crippen molar-refractivity contribution in [2.45, 2.75) is 38.8 Å². The molecule has 4 heteroatoms. The van der Waals surface area contributed by atoms with E-state index >= 15 is 0 Å². The van der Waals surface area contributed by atoms with Crippen molar-refractivity contribution in [1.29, 1.82) is 0 Å².